The Morgan fingerprint density at radius 1 is 2.14 bits per heavy atom. The number of hydrogen-bond donors (Lipinski definition) is 1. The van der Waals surface area contributed by atoms with E-state index in [-0.39, 0.29) is 1.43 Å². The van der Waals surface area contributed by atoms with Crippen molar-refractivity contribution in [2.45, 2.75) is 19.4 Å². The van der Waals surface area contributed by atoms with Crippen molar-refractivity contribution < 1.29 is 1.43 Å². The Labute approximate surface area is 45.1 Å². The minimum atomic E-state index is 0. The number of nitrogens with one attached hydrogen (secondary N) is 1. The van der Waals surface area contributed by atoms with Gasteiger partial charge in [-0.15, -0.1) is 0 Å². The zero-order valence-corrected chi connectivity index (χ0v) is 4.52. The first-order valence-corrected chi connectivity index (χ1v) is 2.68. The Morgan fingerprint density at radius 2 is 3.00 bits per heavy atom. The van der Waals surface area contributed by atoms with E-state index in [1.165, 1.54) is 6.42 Å². The maximum Gasteiger partial charge on any atom is 0.0827 e. The quantitative estimate of drug-likeness (QED) is 0.514. The molecule has 0 bridgehead atoms. The fourth-order valence-electron chi connectivity index (χ4n) is 0.638. The lowest BCUT2D eigenvalue weighted by Gasteiger charge is -2.01. The minimum absolute atomic E-state index is 0. The van der Waals surface area contributed by atoms with E-state index in [9.17, 15) is 0 Å². The van der Waals surface area contributed by atoms with Gasteiger partial charge in [-0.25, -0.2) is 0 Å². The van der Waals surface area contributed by atoms with E-state index in [0.717, 1.165) is 6.54 Å². The summed E-state index contributed by atoms with van der Waals surface area (Å²) in [7, 11) is 0. The van der Waals surface area contributed by atoms with Crippen LogP contribution in [0.15, 0.2) is 4.99 Å². The molecule has 2 nitrogen and oxygen atoms in total. The molecule has 2 heteroatoms. The van der Waals surface area contributed by atoms with E-state index in [0.29, 0.717) is 6.04 Å². The Morgan fingerprint density at radius 3 is 3.29 bits per heavy atom. The lowest BCUT2D eigenvalue weighted by atomic mass is 10.2. The minimum Gasteiger partial charge on any atom is -0.372 e. The van der Waals surface area contributed by atoms with Crippen LogP contribution in [-0.4, -0.2) is 18.9 Å². The van der Waals surface area contributed by atoms with Crippen LogP contribution >= 0.6 is 0 Å². The molecule has 1 atom stereocenters. The van der Waals surface area contributed by atoms with E-state index in [2.05, 4.69) is 17.2 Å². The van der Waals surface area contributed by atoms with Crippen molar-refractivity contribution in [3.8, 4) is 0 Å². The SMILES string of the molecule is CCC1CN=CN1.[HH]. The average molecular weight is 100 g/mol. The van der Waals surface area contributed by atoms with Crippen molar-refractivity contribution in [3.63, 3.8) is 0 Å². The highest BCUT2D eigenvalue weighted by molar-refractivity contribution is 5.57. The number of nitrogens with zero attached hydrogens (tertiary/aromatic N) is 1. The fraction of sp³-hybridized carbons (Fsp3) is 0.800. The van der Waals surface area contributed by atoms with Crippen molar-refractivity contribution in [1.29, 1.82) is 0 Å². The molecule has 0 aromatic rings. The normalized spacial score (nSPS) is 27.9. The van der Waals surface area contributed by atoms with E-state index in [1.54, 1.807) is 6.34 Å². The summed E-state index contributed by atoms with van der Waals surface area (Å²) in [6.45, 7) is 3.13. The van der Waals surface area contributed by atoms with Gasteiger partial charge >= 0.3 is 0 Å². The molecule has 0 aliphatic carbocycles. The maximum absolute atomic E-state index is 4.00. The molecular weight excluding hydrogens is 88.1 g/mol. The van der Waals surface area contributed by atoms with E-state index >= 15 is 0 Å². The summed E-state index contributed by atoms with van der Waals surface area (Å²) in [5, 5.41) is 3.11. The average Bonchev–Trinajstić information content (AvgIpc) is 2.14. The van der Waals surface area contributed by atoms with Crippen LogP contribution < -0.4 is 5.32 Å². The lowest BCUT2D eigenvalue weighted by molar-refractivity contribution is 0.639. The molecule has 1 aliphatic rings. The zero-order valence-electron chi connectivity index (χ0n) is 4.52. The van der Waals surface area contributed by atoms with Crippen LogP contribution in [0.25, 0.3) is 0 Å². The molecule has 0 saturated heterocycles. The van der Waals surface area contributed by atoms with Crippen LogP contribution in [0.4, 0.5) is 0 Å². The summed E-state index contributed by atoms with van der Waals surface area (Å²) in [5.74, 6) is 0. The number of hydrogen-bond acceptors (Lipinski definition) is 2. The highest BCUT2D eigenvalue weighted by Crippen LogP contribution is 1.93. The van der Waals surface area contributed by atoms with Crippen molar-refractivity contribution in [2.24, 2.45) is 4.99 Å². The molecule has 42 valence electrons. The van der Waals surface area contributed by atoms with Crippen LogP contribution in [0, 0.1) is 0 Å². The van der Waals surface area contributed by atoms with Crippen LogP contribution in [-0.2, 0) is 0 Å². The second-order valence-electron chi connectivity index (χ2n) is 1.77. The third kappa shape index (κ3) is 0.918. The van der Waals surface area contributed by atoms with Gasteiger partial charge in [-0.2, -0.15) is 0 Å². The van der Waals surface area contributed by atoms with Crippen molar-refractivity contribution in [3.05, 3.63) is 0 Å². The lowest BCUT2D eigenvalue weighted by Crippen LogP contribution is -2.22. The molecule has 0 radical (unpaired) electrons. The van der Waals surface area contributed by atoms with Gasteiger partial charge in [0, 0.05) is 7.47 Å². The molecule has 0 fully saturated rings. The molecular formula is C5H12N2. The van der Waals surface area contributed by atoms with E-state index in [1.807, 2.05) is 0 Å². The first-order valence-electron chi connectivity index (χ1n) is 2.68. The molecule has 1 heterocycles. The van der Waals surface area contributed by atoms with Crippen molar-refractivity contribution in [2.75, 3.05) is 6.54 Å². The summed E-state index contributed by atoms with van der Waals surface area (Å²) in [4.78, 5) is 4.00. The first kappa shape index (κ1) is 4.62. The van der Waals surface area contributed by atoms with Gasteiger partial charge in [-0.1, -0.05) is 6.92 Å². The Bertz CT molecular complexity index is 74.5. The van der Waals surface area contributed by atoms with Gasteiger partial charge in [-0.05, 0) is 6.42 Å². The third-order valence-electron chi connectivity index (χ3n) is 1.22. The van der Waals surface area contributed by atoms with Gasteiger partial charge in [0.25, 0.3) is 0 Å². The highest BCUT2D eigenvalue weighted by Gasteiger charge is 2.04. The van der Waals surface area contributed by atoms with Gasteiger partial charge < -0.3 is 5.32 Å². The molecule has 1 aliphatic heterocycles. The highest BCUT2D eigenvalue weighted by atomic mass is 15.0. The van der Waals surface area contributed by atoms with Gasteiger partial charge in [0.1, 0.15) is 0 Å². The maximum atomic E-state index is 4.00. The predicted molar refractivity (Wildman–Crippen MR) is 32.7 cm³/mol. The van der Waals surface area contributed by atoms with Crippen LogP contribution in [0.2, 0.25) is 0 Å². The number of aliphatic imine (C=N–C) groups is 1. The van der Waals surface area contributed by atoms with Crippen LogP contribution in [0.5, 0.6) is 0 Å². The zero-order chi connectivity index (χ0) is 5.11. The van der Waals surface area contributed by atoms with Gasteiger partial charge in [0.2, 0.25) is 0 Å². The first-order chi connectivity index (χ1) is 3.43. The molecule has 0 amide bonds. The van der Waals surface area contributed by atoms with E-state index in [4.69, 9.17) is 0 Å². The second kappa shape index (κ2) is 1.96. The molecule has 0 saturated carbocycles. The Hall–Kier alpha value is -0.530. The summed E-state index contributed by atoms with van der Waals surface area (Å²) in [6, 6.07) is 0.625. The van der Waals surface area contributed by atoms with Crippen molar-refractivity contribution >= 4 is 6.34 Å². The molecule has 0 aromatic heterocycles. The Balaban J connectivity index is 0.000000490. The largest absolute Gasteiger partial charge is 0.372 e. The van der Waals surface area contributed by atoms with Crippen molar-refractivity contribution in [1.82, 2.24) is 5.32 Å². The van der Waals surface area contributed by atoms with E-state index < -0.39 is 0 Å². The standard InChI is InChI=1S/C5H10N2.H2/c1-2-5-3-6-4-7-5;/h4-5H,2-3H2,1H3,(H,6,7);1H. The molecule has 1 N–H and O–H groups in total. The summed E-state index contributed by atoms with van der Waals surface area (Å²) in [6.07, 6.45) is 2.97. The monoisotopic (exact) mass is 100 g/mol. The summed E-state index contributed by atoms with van der Waals surface area (Å²) >= 11 is 0. The summed E-state index contributed by atoms with van der Waals surface area (Å²) < 4.78 is 0. The van der Waals surface area contributed by atoms with Gasteiger partial charge in [0.15, 0.2) is 0 Å². The molecule has 7 heavy (non-hydrogen) atoms. The van der Waals surface area contributed by atoms with Gasteiger partial charge in [0.05, 0.1) is 12.9 Å². The molecule has 1 unspecified atom stereocenters. The van der Waals surface area contributed by atoms with Crippen LogP contribution in [0.1, 0.15) is 14.8 Å². The van der Waals surface area contributed by atoms with Gasteiger partial charge in [-0.3, -0.25) is 4.99 Å². The molecule has 0 aromatic carbocycles. The fourth-order valence-corrected chi connectivity index (χ4v) is 0.638. The number of rotatable bonds is 1. The second-order valence-corrected chi connectivity index (χ2v) is 1.77. The van der Waals surface area contributed by atoms with Crippen LogP contribution in [0.3, 0.4) is 0 Å². The topological polar surface area (TPSA) is 24.4 Å². The smallest absolute Gasteiger partial charge is 0.0827 e. The summed E-state index contributed by atoms with van der Waals surface area (Å²) in [5.41, 5.74) is 0. The molecule has 1 rings (SSSR count). The molecule has 0 spiro atoms. The third-order valence-corrected chi connectivity index (χ3v) is 1.22. The Kier molecular flexibility index (Phi) is 1.29. The predicted octanol–water partition coefficient (Wildman–Crippen LogP) is 0.643.